The molecule has 0 saturated heterocycles. The summed E-state index contributed by atoms with van der Waals surface area (Å²) in [6.45, 7) is 1.50. The van der Waals surface area contributed by atoms with Gasteiger partial charge in [-0.05, 0) is 56.1 Å². The van der Waals surface area contributed by atoms with Crippen LogP contribution in [0.25, 0.3) is 0 Å². The Hall–Kier alpha value is -2.53. The van der Waals surface area contributed by atoms with E-state index in [4.69, 9.17) is 10.5 Å². The molecule has 0 unspecified atom stereocenters. The molecule has 0 aromatic heterocycles. The lowest BCUT2D eigenvalue weighted by Crippen LogP contribution is -2.19. The number of rotatable bonds is 7. The molecule has 0 aliphatic rings. The maximum Gasteiger partial charge on any atom is 0.228 e. The van der Waals surface area contributed by atoms with E-state index in [9.17, 15) is 4.79 Å². The molecule has 5 heteroatoms. The first-order valence-electron chi connectivity index (χ1n) is 7.55. The number of hydrogen-bond acceptors (Lipinski definition) is 4. The van der Waals surface area contributed by atoms with E-state index in [0.717, 1.165) is 23.5 Å². The molecule has 0 saturated carbocycles. The van der Waals surface area contributed by atoms with E-state index in [1.54, 1.807) is 12.1 Å². The SMILES string of the molecule is CN(C)CCOc1ccc(NC(=O)Cc2ccc(N)cc2)cc1. The van der Waals surface area contributed by atoms with Crippen molar-refractivity contribution in [3.63, 3.8) is 0 Å². The summed E-state index contributed by atoms with van der Waals surface area (Å²) in [6.07, 6.45) is 0.321. The van der Waals surface area contributed by atoms with Crippen LogP contribution in [0, 0.1) is 0 Å². The molecular weight excluding hydrogens is 290 g/mol. The van der Waals surface area contributed by atoms with Crippen LogP contribution < -0.4 is 15.8 Å². The zero-order valence-electron chi connectivity index (χ0n) is 13.6. The van der Waals surface area contributed by atoms with Crippen molar-refractivity contribution in [3.05, 3.63) is 54.1 Å². The average molecular weight is 313 g/mol. The molecule has 3 N–H and O–H groups in total. The van der Waals surface area contributed by atoms with E-state index < -0.39 is 0 Å². The predicted octanol–water partition coefficient (Wildman–Crippen LogP) is 2.39. The second-order valence-electron chi connectivity index (χ2n) is 5.64. The summed E-state index contributed by atoms with van der Waals surface area (Å²) < 4.78 is 5.62. The minimum absolute atomic E-state index is 0.0592. The van der Waals surface area contributed by atoms with E-state index >= 15 is 0 Å². The fraction of sp³-hybridized carbons (Fsp3) is 0.278. The largest absolute Gasteiger partial charge is 0.492 e. The Morgan fingerprint density at radius 3 is 2.35 bits per heavy atom. The van der Waals surface area contributed by atoms with E-state index in [-0.39, 0.29) is 5.91 Å². The van der Waals surface area contributed by atoms with Gasteiger partial charge in [-0.1, -0.05) is 12.1 Å². The second-order valence-corrected chi connectivity index (χ2v) is 5.64. The van der Waals surface area contributed by atoms with Gasteiger partial charge in [0.05, 0.1) is 6.42 Å². The van der Waals surface area contributed by atoms with Crippen molar-refractivity contribution < 1.29 is 9.53 Å². The summed E-state index contributed by atoms with van der Waals surface area (Å²) in [5.74, 6) is 0.736. The van der Waals surface area contributed by atoms with Gasteiger partial charge in [-0.15, -0.1) is 0 Å². The van der Waals surface area contributed by atoms with Crippen LogP contribution >= 0.6 is 0 Å². The number of nitrogens with two attached hydrogens (primary N) is 1. The first-order chi connectivity index (χ1) is 11.0. The van der Waals surface area contributed by atoms with Crippen LogP contribution in [0.1, 0.15) is 5.56 Å². The minimum atomic E-state index is -0.0592. The Labute approximate surface area is 137 Å². The number of likely N-dealkylation sites (N-methyl/N-ethyl adjacent to an activating group) is 1. The van der Waals surface area contributed by atoms with E-state index in [0.29, 0.717) is 18.7 Å². The highest BCUT2D eigenvalue weighted by Gasteiger charge is 2.04. The molecule has 0 aliphatic carbocycles. The first-order valence-corrected chi connectivity index (χ1v) is 7.55. The Morgan fingerprint density at radius 2 is 1.74 bits per heavy atom. The van der Waals surface area contributed by atoms with Crippen molar-refractivity contribution >= 4 is 17.3 Å². The molecule has 0 fully saturated rings. The highest BCUT2D eigenvalue weighted by atomic mass is 16.5. The molecule has 2 rings (SSSR count). The Morgan fingerprint density at radius 1 is 1.09 bits per heavy atom. The number of ether oxygens (including phenoxy) is 1. The third-order valence-electron chi connectivity index (χ3n) is 3.29. The van der Waals surface area contributed by atoms with Gasteiger partial charge in [0.2, 0.25) is 5.91 Å². The summed E-state index contributed by atoms with van der Waals surface area (Å²) in [4.78, 5) is 14.1. The standard InChI is InChI=1S/C18H23N3O2/c1-21(2)11-12-23-17-9-7-16(8-10-17)20-18(22)13-14-3-5-15(19)6-4-14/h3-10H,11-13,19H2,1-2H3,(H,20,22). The molecule has 0 atom stereocenters. The van der Waals surface area contributed by atoms with Crippen LogP contribution in [-0.2, 0) is 11.2 Å². The molecule has 0 spiro atoms. The molecule has 5 nitrogen and oxygen atoms in total. The van der Waals surface area contributed by atoms with Gasteiger partial charge in [0.25, 0.3) is 0 Å². The van der Waals surface area contributed by atoms with Gasteiger partial charge in [-0.3, -0.25) is 4.79 Å². The lowest BCUT2D eigenvalue weighted by Gasteiger charge is -2.11. The van der Waals surface area contributed by atoms with Crippen molar-refractivity contribution in [2.45, 2.75) is 6.42 Å². The topological polar surface area (TPSA) is 67.6 Å². The monoisotopic (exact) mass is 313 g/mol. The van der Waals surface area contributed by atoms with Crippen molar-refractivity contribution in [2.75, 3.05) is 38.3 Å². The van der Waals surface area contributed by atoms with Crippen LogP contribution in [0.15, 0.2) is 48.5 Å². The molecule has 122 valence electrons. The van der Waals surface area contributed by atoms with Crippen molar-refractivity contribution in [2.24, 2.45) is 0 Å². The predicted molar refractivity (Wildman–Crippen MR) is 93.7 cm³/mol. The smallest absolute Gasteiger partial charge is 0.228 e. The lowest BCUT2D eigenvalue weighted by molar-refractivity contribution is -0.115. The molecular formula is C18H23N3O2. The van der Waals surface area contributed by atoms with Crippen LogP contribution in [0.2, 0.25) is 0 Å². The number of anilines is 2. The van der Waals surface area contributed by atoms with Gasteiger partial charge in [0.1, 0.15) is 12.4 Å². The van der Waals surface area contributed by atoms with E-state index in [1.165, 1.54) is 0 Å². The van der Waals surface area contributed by atoms with Gasteiger partial charge in [-0.2, -0.15) is 0 Å². The highest BCUT2D eigenvalue weighted by molar-refractivity contribution is 5.92. The number of amides is 1. The molecule has 0 radical (unpaired) electrons. The normalized spacial score (nSPS) is 10.6. The van der Waals surface area contributed by atoms with E-state index in [2.05, 4.69) is 10.2 Å². The number of carbonyl (C=O) groups excluding carboxylic acids is 1. The van der Waals surface area contributed by atoms with Gasteiger partial charge >= 0.3 is 0 Å². The minimum Gasteiger partial charge on any atom is -0.492 e. The molecule has 23 heavy (non-hydrogen) atoms. The molecule has 2 aromatic rings. The number of benzene rings is 2. The number of nitrogens with one attached hydrogen (secondary N) is 1. The van der Waals surface area contributed by atoms with Crippen molar-refractivity contribution in [1.29, 1.82) is 0 Å². The van der Waals surface area contributed by atoms with Gasteiger partial charge in [0.15, 0.2) is 0 Å². The van der Waals surface area contributed by atoms with Crippen molar-refractivity contribution in [3.8, 4) is 5.75 Å². The maximum absolute atomic E-state index is 12.0. The Bertz CT molecular complexity index is 622. The van der Waals surface area contributed by atoms with Crippen LogP contribution in [-0.4, -0.2) is 38.1 Å². The Balaban J connectivity index is 1.82. The number of nitrogens with zero attached hydrogens (tertiary/aromatic N) is 1. The van der Waals surface area contributed by atoms with Gasteiger partial charge < -0.3 is 20.7 Å². The molecule has 0 bridgehead atoms. The third kappa shape index (κ3) is 6.00. The molecule has 2 aromatic carbocycles. The summed E-state index contributed by atoms with van der Waals surface area (Å²) in [6, 6.07) is 14.7. The zero-order valence-corrected chi connectivity index (χ0v) is 13.6. The lowest BCUT2D eigenvalue weighted by atomic mass is 10.1. The summed E-state index contributed by atoms with van der Waals surface area (Å²) >= 11 is 0. The molecule has 0 aliphatic heterocycles. The maximum atomic E-state index is 12.0. The molecule has 0 heterocycles. The summed E-state index contributed by atoms with van der Waals surface area (Å²) in [5, 5.41) is 2.87. The van der Waals surface area contributed by atoms with E-state index in [1.807, 2.05) is 50.5 Å². The Kier molecular flexibility index (Phi) is 6.00. The van der Waals surface area contributed by atoms with Crippen LogP contribution in [0.3, 0.4) is 0 Å². The van der Waals surface area contributed by atoms with Crippen LogP contribution in [0.4, 0.5) is 11.4 Å². The van der Waals surface area contributed by atoms with Gasteiger partial charge in [0, 0.05) is 17.9 Å². The second kappa shape index (κ2) is 8.19. The number of carbonyl (C=O) groups is 1. The highest BCUT2D eigenvalue weighted by Crippen LogP contribution is 2.16. The first kappa shape index (κ1) is 16.8. The fourth-order valence-electron chi connectivity index (χ4n) is 2.01. The quantitative estimate of drug-likeness (QED) is 0.770. The molecule has 1 amide bonds. The zero-order chi connectivity index (χ0) is 16.7. The van der Waals surface area contributed by atoms with Gasteiger partial charge in [-0.25, -0.2) is 0 Å². The number of hydrogen-bond donors (Lipinski definition) is 2. The summed E-state index contributed by atoms with van der Waals surface area (Å²) in [5.41, 5.74) is 8.01. The third-order valence-corrected chi connectivity index (χ3v) is 3.29. The fourth-order valence-corrected chi connectivity index (χ4v) is 2.01. The van der Waals surface area contributed by atoms with Crippen LogP contribution in [0.5, 0.6) is 5.75 Å². The average Bonchev–Trinajstić information content (AvgIpc) is 2.51. The van der Waals surface area contributed by atoms with Crippen molar-refractivity contribution in [1.82, 2.24) is 4.90 Å². The number of nitrogen functional groups attached to an aromatic ring is 1. The summed E-state index contributed by atoms with van der Waals surface area (Å²) in [7, 11) is 4.01.